The van der Waals surface area contributed by atoms with Crippen LogP contribution >= 0.6 is 23.2 Å². The summed E-state index contributed by atoms with van der Waals surface area (Å²) in [4.78, 5) is 15.7. The lowest BCUT2D eigenvalue weighted by Crippen LogP contribution is -2.03. The molecule has 0 saturated carbocycles. The van der Waals surface area contributed by atoms with E-state index in [1.807, 2.05) is 0 Å². The maximum absolute atomic E-state index is 11.5. The zero-order valence-electron chi connectivity index (χ0n) is 15.1. The summed E-state index contributed by atoms with van der Waals surface area (Å²) in [6, 6.07) is 5.23. The van der Waals surface area contributed by atoms with Gasteiger partial charge in [-0.1, -0.05) is 23.2 Å². The van der Waals surface area contributed by atoms with E-state index in [0.29, 0.717) is 47.0 Å². The second-order valence-electron chi connectivity index (χ2n) is 6.28. The van der Waals surface area contributed by atoms with Crippen molar-refractivity contribution in [1.29, 1.82) is 0 Å². The fraction of sp³-hybridized carbons (Fsp3) is 0.400. The Morgan fingerprint density at radius 1 is 1.22 bits per heavy atom. The third-order valence-electron chi connectivity index (χ3n) is 4.25. The van der Waals surface area contributed by atoms with Crippen LogP contribution in [0.15, 0.2) is 33.9 Å². The number of aryl methyl sites for hydroxylation is 1. The van der Waals surface area contributed by atoms with Crippen molar-refractivity contribution in [3.63, 3.8) is 0 Å². The van der Waals surface area contributed by atoms with Gasteiger partial charge in [0.15, 0.2) is 11.5 Å². The Balaban J connectivity index is 1.45. The van der Waals surface area contributed by atoms with Crippen molar-refractivity contribution in [3.8, 4) is 5.75 Å². The van der Waals surface area contributed by atoms with Gasteiger partial charge in [0.05, 0.1) is 35.0 Å². The molecule has 2 aromatic rings. The molecule has 0 spiro atoms. The highest BCUT2D eigenvalue weighted by Crippen LogP contribution is 2.35. The van der Waals surface area contributed by atoms with Gasteiger partial charge in [-0.2, -0.15) is 0 Å². The minimum absolute atomic E-state index is 0.0313. The summed E-state index contributed by atoms with van der Waals surface area (Å²) in [7, 11) is 0. The Hall–Kier alpha value is -1.98. The summed E-state index contributed by atoms with van der Waals surface area (Å²) < 4.78 is 16.6. The lowest BCUT2D eigenvalue weighted by molar-refractivity contribution is 0.101. The number of aliphatic imine (C=N–C) groups is 1. The highest BCUT2D eigenvalue weighted by Gasteiger charge is 2.16. The number of carbonyl (C=O) groups is 1. The summed E-state index contributed by atoms with van der Waals surface area (Å²) in [6.45, 7) is 3.28. The van der Waals surface area contributed by atoms with Gasteiger partial charge >= 0.3 is 0 Å². The lowest BCUT2D eigenvalue weighted by atomic mass is 10.1. The minimum Gasteiger partial charge on any atom is -0.490 e. The van der Waals surface area contributed by atoms with Crippen LogP contribution in [-0.2, 0) is 11.2 Å². The smallest absolute Gasteiger partial charge is 0.216 e. The van der Waals surface area contributed by atoms with Crippen molar-refractivity contribution in [3.05, 3.63) is 51.4 Å². The average Bonchev–Trinajstić information content (AvgIpc) is 3.31. The van der Waals surface area contributed by atoms with Gasteiger partial charge in [-0.05, 0) is 44.4 Å². The lowest BCUT2D eigenvalue weighted by Gasteiger charge is -2.12. The predicted octanol–water partition coefficient (Wildman–Crippen LogP) is 5.36. The van der Waals surface area contributed by atoms with Crippen LogP contribution < -0.4 is 4.74 Å². The number of nitrogens with zero attached hydrogens (tertiary/aromatic N) is 1. The number of rotatable bonds is 9. The Kier molecular flexibility index (Phi) is 6.80. The van der Waals surface area contributed by atoms with Crippen LogP contribution in [0.4, 0.5) is 0 Å². The monoisotopic (exact) mass is 409 g/mol. The Labute approximate surface area is 168 Å². The molecule has 1 aromatic heterocycles. The Morgan fingerprint density at radius 3 is 2.67 bits per heavy atom. The van der Waals surface area contributed by atoms with E-state index in [9.17, 15) is 4.79 Å². The molecule has 5 nitrogen and oxygen atoms in total. The molecule has 0 fully saturated rings. The number of ether oxygens (including phenoxy) is 2. The van der Waals surface area contributed by atoms with Crippen molar-refractivity contribution >= 4 is 34.9 Å². The Bertz CT molecular complexity index is 821. The number of furan rings is 1. The molecule has 3 rings (SSSR count). The van der Waals surface area contributed by atoms with E-state index in [1.54, 1.807) is 31.4 Å². The summed E-state index contributed by atoms with van der Waals surface area (Å²) in [5.41, 5.74) is 1.43. The zero-order valence-corrected chi connectivity index (χ0v) is 16.6. The fourth-order valence-electron chi connectivity index (χ4n) is 2.92. The van der Waals surface area contributed by atoms with E-state index in [-0.39, 0.29) is 5.78 Å². The van der Waals surface area contributed by atoms with Crippen molar-refractivity contribution < 1.29 is 18.7 Å². The molecule has 0 radical (unpaired) electrons. The number of Topliss-reactive ketones (excluding diaryl/α,β-unsaturated/α-hetero) is 1. The molecule has 1 aliphatic rings. The number of hydrogen-bond donors (Lipinski definition) is 0. The first-order chi connectivity index (χ1) is 13.1. The number of ketones is 1. The third-order valence-corrected chi connectivity index (χ3v) is 4.81. The SMILES string of the molecule is CC(=O)c1ccoc1CCCCCOc1c(Cl)cc(C2=NCCO2)cc1Cl. The van der Waals surface area contributed by atoms with Gasteiger partial charge in [-0.25, -0.2) is 4.99 Å². The molecule has 1 aliphatic heterocycles. The maximum atomic E-state index is 11.5. The highest BCUT2D eigenvalue weighted by molar-refractivity contribution is 6.37. The van der Waals surface area contributed by atoms with E-state index in [4.69, 9.17) is 37.1 Å². The van der Waals surface area contributed by atoms with E-state index in [2.05, 4.69) is 4.99 Å². The van der Waals surface area contributed by atoms with E-state index < -0.39 is 0 Å². The first kappa shape index (κ1) is 19.8. The molecule has 144 valence electrons. The summed E-state index contributed by atoms with van der Waals surface area (Å²) in [5.74, 6) is 1.82. The molecule has 0 aliphatic carbocycles. The van der Waals surface area contributed by atoms with Gasteiger partial charge in [0, 0.05) is 12.0 Å². The number of benzene rings is 1. The molecule has 0 N–H and O–H groups in total. The molecular weight excluding hydrogens is 389 g/mol. The van der Waals surface area contributed by atoms with Crippen LogP contribution in [0.3, 0.4) is 0 Å². The van der Waals surface area contributed by atoms with Crippen LogP contribution in [0.2, 0.25) is 10.0 Å². The van der Waals surface area contributed by atoms with E-state index in [0.717, 1.165) is 37.0 Å². The number of unbranched alkanes of at least 4 members (excludes halogenated alkanes) is 2. The van der Waals surface area contributed by atoms with Crippen molar-refractivity contribution in [2.45, 2.75) is 32.6 Å². The number of halogens is 2. The van der Waals surface area contributed by atoms with Crippen molar-refractivity contribution in [1.82, 2.24) is 0 Å². The Morgan fingerprint density at radius 2 is 2.00 bits per heavy atom. The van der Waals surface area contributed by atoms with Crippen molar-refractivity contribution in [2.75, 3.05) is 19.8 Å². The molecule has 0 amide bonds. The van der Waals surface area contributed by atoms with Gasteiger partial charge < -0.3 is 13.9 Å². The van der Waals surface area contributed by atoms with Gasteiger partial charge in [-0.3, -0.25) is 4.79 Å². The topological polar surface area (TPSA) is 61.0 Å². The summed E-state index contributed by atoms with van der Waals surface area (Å²) >= 11 is 12.6. The molecule has 27 heavy (non-hydrogen) atoms. The summed E-state index contributed by atoms with van der Waals surface area (Å²) in [5, 5.41) is 0.884. The third kappa shape index (κ3) is 5.05. The van der Waals surface area contributed by atoms with Crippen LogP contribution in [0.1, 0.15) is 47.9 Å². The fourth-order valence-corrected chi connectivity index (χ4v) is 3.51. The standard InChI is InChI=1S/C20H21Cl2NO4/c1-13(24)15-6-9-25-18(15)5-3-2-4-8-26-19-16(21)11-14(12-17(19)22)20-23-7-10-27-20/h6,9,11-12H,2-5,7-8,10H2,1H3. The molecule has 1 aromatic carbocycles. The van der Waals surface area contributed by atoms with Crippen LogP contribution in [0, 0.1) is 0 Å². The minimum atomic E-state index is 0.0313. The van der Waals surface area contributed by atoms with Crippen LogP contribution in [0.5, 0.6) is 5.75 Å². The van der Waals surface area contributed by atoms with E-state index >= 15 is 0 Å². The molecule has 0 bridgehead atoms. The van der Waals surface area contributed by atoms with Crippen LogP contribution in [0.25, 0.3) is 0 Å². The first-order valence-electron chi connectivity index (χ1n) is 8.93. The van der Waals surface area contributed by atoms with Crippen molar-refractivity contribution in [2.24, 2.45) is 4.99 Å². The molecular formula is C20H21Cl2NO4. The van der Waals surface area contributed by atoms with Gasteiger partial charge in [-0.15, -0.1) is 0 Å². The van der Waals surface area contributed by atoms with Gasteiger partial charge in [0.25, 0.3) is 0 Å². The van der Waals surface area contributed by atoms with Gasteiger partial charge in [0.2, 0.25) is 5.90 Å². The molecule has 7 heteroatoms. The predicted molar refractivity (Wildman–Crippen MR) is 106 cm³/mol. The normalized spacial score (nSPS) is 13.4. The molecule has 0 saturated heterocycles. The second kappa shape index (κ2) is 9.29. The van der Waals surface area contributed by atoms with Gasteiger partial charge in [0.1, 0.15) is 12.4 Å². The number of carbonyl (C=O) groups excluding carboxylic acids is 1. The summed E-state index contributed by atoms with van der Waals surface area (Å²) in [6.07, 6.45) is 5.00. The average molecular weight is 410 g/mol. The first-order valence-corrected chi connectivity index (χ1v) is 9.68. The molecule has 2 heterocycles. The largest absolute Gasteiger partial charge is 0.490 e. The zero-order chi connectivity index (χ0) is 19.2. The quantitative estimate of drug-likeness (QED) is 0.413. The number of hydrogen-bond acceptors (Lipinski definition) is 5. The van der Waals surface area contributed by atoms with E-state index in [1.165, 1.54) is 0 Å². The molecule has 0 atom stereocenters. The molecule has 0 unspecified atom stereocenters. The highest BCUT2D eigenvalue weighted by atomic mass is 35.5. The van der Waals surface area contributed by atoms with Crippen LogP contribution in [-0.4, -0.2) is 31.4 Å². The maximum Gasteiger partial charge on any atom is 0.216 e. The second-order valence-corrected chi connectivity index (χ2v) is 7.09.